The topological polar surface area (TPSA) is 41.0 Å². The highest BCUT2D eigenvalue weighted by Crippen LogP contribution is 2.17. The molecule has 0 amide bonds. The second-order valence-electron chi connectivity index (χ2n) is 4.42. The highest BCUT2D eigenvalue weighted by Gasteiger charge is 2.02. The van der Waals surface area contributed by atoms with Crippen LogP contribution in [0.1, 0.15) is 18.2 Å². The molecule has 0 radical (unpaired) electrons. The zero-order valence-electron chi connectivity index (χ0n) is 11.7. The van der Waals surface area contributed by atoms with Crippen LogP contribution in [0.3, 0.4) is 0 Å². The van der Waals surface area contributed by atoms with Crippen molar-refractivity contribution in [2.45, 2.75) is 19.9 Å². The van der Waals surface area contributed by atoms with E-state index in [0.29, 0.717) is 6.54 Å². The van der Waals surface area contributed by atoms with Crippen LogP contribution in [0, 0.1) is 0 Å². The number of nitrogens with one attached hydrogen (secondary N) is 1. The Kier molecular flexibility index (Phi) is 5.07. The molecule has 2 rings (SSSR count). The van der Waals surface area contributed by atoms with Crippen LogP contribution in [0.25, 0.3) is 11.4 Å². The second kappa shape index (κ2) is 7.24. The molecule has 0 saturated heterocycles. The molecule has 0 bridgehead atoms. The summed E-state index contributed by atoms with van der Waals surface area (Å²) in [5.74, 6) is 0.888. The Bertz CT molecular complexity index is 603. The van der Waals surface area contributed by atoms with Gasteiger partial charge in [-0.25, -0.2) is 4.98 Å². The summed E-state index contributed by atoms with van der Waals surface area (Å²) in [5.41, 5.74) is 3.44. The largest absolute Gasteiger partial charge is 0.340 e. The number of hydrogen-bond donors (Lipinski definition) is 1. The van der Waals surface area contributed by atoms with Crippen molar-refractivity contribution in [3.8, 4) is 11.4 Å². The van der Waals surface area contributed by atoms with E-state index in [1.54, 1.807) is 12.3 Å². The molecule has 0 fully saturated rings. The molecule has 3 heteroatoms. The molecule has 0 aliphatic heterocycles. The van der Waals surface area contributed by atoms with E-state index < -0.39 is 0 Å². The number of aromatic amines is 1. The molecule has 1 aromatic heterocycles. The molecule has 0 aliphatic rings. The molecule has 1 aromatic carbocycles. The Hall–Kier alpha value is -2.42. The molecule has 0 spiro atoms. The molecular weight excluding hydrogens is 246 g/mol. The third-order valence-electron chi connectivity index (χ3n) is 2.96. The summed E-state index contributed by atoms with van der Waals surface area (Å²) >= 11 is 0. The third-order valence-corrected chi connectivity index (χ3v) is 2.96. The number of rotatable bonds is 6. The van der Waals surface area contributed by atoms with Gasteiger partial charge in [0.15, 0.2) is 0 Å². The zero-order valence-corrected chi connectivity index (χ0v) is 11.7. The Balaban J connectivity index is 2.02. The van der Waals surface area contributed by atoms with Gasteiger partial charge in [-0.3, -0.25) is 4.99 Å². The van der Waals surface area contributed by atoms with Crippen LogP contribution in [-0.2, 0) is 13.0 Å². The van der Waals surface area contributed by atoms with Gasteiger partial charge in [-0.1, -0.05) is 49.9 Å². The Morgan fingerprint density at radius 3 is 2.75 bits per heavy atom. The number of aryl methyl sites for hydroxylation is 1. The van der Waals surface area contributed by atoms with Crippen LogP contribution in [-0.4, -0.2) is 16.2 Å². The van der Waals surface area contributed by atoms with Crippen molar-refractivity contribution in [3.63, 3.8) is 0 Å². The van der Waals surface area contributed by atoms with Gasteiger partial charge in [-0.2, -0.15) is 0 Å². The SMILES string of the molecule is C=C/C=C\C=NCc1cnc(-c2ccc(CC)cc2)[nH]1. The molecule has 0 aliphatic carbocycles. The minimum absolute atomic E-state index is 0.599. The lowest BCUT2D eigenvalue weighted by Crippen LogP contribution is -1.85. The minimum Gasteiger partial charge on any atom is -0.340 e. The smallest absolute Gasteiger partial charge is 0.137 e. The molecular formula is C17H19N3. The predicted octanol–water partition coefficient (Wildman–Crippen LogP) is 3.95. The van der Waals surface area contributed by atoms with Gasteiger partial charge in [0.25, 0.3) is 0 Å². The van der Waals surface area contributed by atoms with Crippen LogP contribution in [0.15, 0.2) is 60.3 Å². The van der Waals surface area contributed by atoms with Gasteiger partial charge in [0.05, 0.1) is 18.4 Å². The summed E-state index contributed by atoms with van der Waals surface area (Å²) < 4.78 is 0. The number of allylic oxidation sites excluding steroid dienone is 3. The van der Waals surface area contributed by atoms with Crippen LogP contribution < -0.4 is 0 Å². The number of nitrogens with zero attached hydrogens (tertiary/aromatic N) is 2. The normalized spacial score (nSPS) is 11.4. The summed E-state index contributed by atoms with van der Waals surface area (Å²) in [7, 11) is 0. The van der Waals surface area contributed by atoms with E-state index in [4.69, 9.17) is 0 Å². The van der Waals surface area contributed by atoms with Gasteiger partial charge in [0.2, 0.25) is 0 Å². The Morgan fingerprint density at radius 1 is 1.25 bits per heavy atom. The van der Waals surface area contributed by atoms with E-state index in [1.165, 1.54) is 5.56 Å². The monoisotopic (exact) mass is 265 g/mol. The number of aromatic nitrogens is 2. The van der Waals surface area contributed by atoms with Gasteiger partial charge in [0.1, 0.15) is 5.82 Å². The van der Waals surface area contributed by atoms with Crippen molar-refractivity contribution in [1.82, 2.24) is 9.97 Å². The van der Waals surface area contributed by atoms with Gasteiger partial charge in [-0.05, 0) is 18.1 Å². The van der Waals surface area contributed by atoms with Crippen molar-refractivity contribution in [2.24, 2.45) is 4.99 Å². The van der Waals surface area contributed by atoms with Crippen molar-refractivity contribution in [1.29, 1.82) is 0 Å². The Labute approximate surface area is 119 Å². The molecule has 2 aromatic rings. The first kappa shape index (κ1) is 14.0. The molecule has 0 atom stereocenters. The number of imidazole rings is 1. The van der Waals surface area contributed by atoms with E-state index in [2.05, 4.69) is 52.7 Å². The molecule has 1 N–H and O–H groups in total. The molecule has 1 heterocycles. The molecule has 20 heavy (non-hydrogen) atoms. The van der Waals surface area contributed by atoms with E-state index in [0.717, 1.165) is 23.5 Å². The molecule has 3 nitrogen and oxygen atoms in total. The van der Waals surface area contributed by atoms with Gasteiger partial charge >= 0.3 is 0 Å². The van der Waals surface area contributed by atoms with E-state index in [1.807, 2.05) is 18.3 Å². The number of aliphatic imine (C=N–C) groups is 1. The van der Waals surface area contributed by atoms with Crippen LogP contribution >= 0.6 is 0 Å². The first-order valence-corrected chi connectivity index (χ1v) is 6.74. The quantitative estimate of drug-likeness (QED) is 0.623. The highest BCUT2D eigenvalue weighted by atomic mass is 14.9. The van der Waals surface area contributed by atoms with Crippen LogP contribution in [0.5, 0.6) is 0 Å². The number of H-pyrrole nitrogens is 1. The fourth-order valence-corrected chi connectivity index (χ4v) is 1.82. The van der Waals surface area contributed by atoms with Crippen LogP contribution in [0.4, 0.5) is 0 Å². The maximum absolute atomic E-state index is 4.39. The van der Waals surface area contributed by atoms with E-state index >= 15 is 0 Å². The number of benzene rings is 1. The van der Waals surface area contributed by atoms with Gasteiger partial charge < -0.3 is 4.98 Å². The first-order valence-electron chi connectivity index (χ1n) is 6.74. The fourth-order valence-electron chi connectivity index (χ4n) is 1.82. The van der Waals surface area contributed by atoms with Crippen molar-refractivity contribution < 1.29 is 0 Å². The summed E-state index contributed by atoms with van der Waals surface area (Å²) in [6.07, 6.45) is 10.1. The Morgan fingerprint density at radius 2 is 2.05 bits per heavy atom. The fraction of sp³-hybridized carbons (Fsp3) is 0.176. The minimum atomic E-state index is 0.599. The molecule has 102 valence electrons. The van der Waals surface area contributed by atoms with Gasteiger partial charge in [-0.15, -0.1) is 0 Å². The summed E-state index contributed by atoms with van der Waals surface area (Å²) in [6, 6.07) is 8.46. The van der Waals surface area contributed by atoms with E-state index in [9.17, 15) is 0 Å². The van der Waals surface area contributed by atoms with Crippen molar-refractivity contribution in [3.05, 3.63) is 66.5 Å². The predicted molar refractivity (Wildman–Crippen MR) is 84.9 cm³/mol. The van der Waals surface area contributed by atoms with E-state index in [-0.39, 0.29) is 0 Å². The zero-order chi connectivity index (χ0) is 14.2. The van der Waals surface area contributed by atoms with Crippen molar-refractivity contribution >= 4 is 6.21 Å². The lowest BCUT2D eigenvalue weighted by Gasteiger charge is -1.99. The second-order valence-corrected chi connectivity index (χ2v) is 4.42. The lowest BCUT2D eigenvalue weighted by molar-refractivity contribution is 1.02. The standard InChI is InChI=1S/C17H19N3/c1-3-5-6-11-18-12-16-13-19-17(20-16)15-9-7-14(4-2)8-10-15/h3,5-11,13H,1,4,12H2,2H3,(H,19,20)/b6-5-,18-11?. The van der Waals surface area contributed by atoms with Crippen molar-refractivity contribution in [2.75, 3.05) is 0 Å². The summed E-state index contributed by atoms with van der Waals surface area (Å²) in [6.45, 7) is 6.35. The maximum atomic E-state index is 4.39. The summed E-state index contributed by atoms with van der Waals surface area (Å²) in [4.78, 5) is 12.0. The lowest BCUT2D eigenvalue weighted by atomic mass is 10.1. The average Bonchev–Trinajstić information content (AvgIpc) is 2.96. The third kappa shape index (κ3) is 3.79. The highest BCUT2D eigenvalue weighted by molar-refractivity contribution is 5.71. The first-order chi connectivity index (χ1) is 9.83. The summed E-state index contributed by atoms with van der Waals surface area (Å²) in [5, 5.41) is 0. The molecule has 0 unspecified atom stereocenters. The van der Waals surface area contributed by atoms with Crippen LogP contribution in [0.2, 0.25) is 0 Å². The maximum Gasteiger partial charge on any atom is 0.137 e. The molecule has 0 saturated carbocycles. The van der Waals surface area contributed by atoms with Gasteiger partial charge in [0, 0.05) is 11.8 Å². The average molecular weight is 265 g/mol. The number of hydrogen-bond acceptors (Lipinski definition) is 2.